The molecule has 2 aromatic carbocycles. The molecule has 0 radical (unpaired) electrons. The van der Waals surface area contributed by atoms with Gasteiger partial charge in [-0.25, -0.2) is 0 Å². The van der Waals surface area contributed by atoms with E-state index >= 15 is 0 Å². The van der Waals surface area contributed by atoms with E-state index in [2.05, 4.69) is 12.2 Å². The summed E-state index contributed by atoms with van der Waals surface area (Å²) in [5.41, 5.74) is 2.10. The van der Waals surface area contributed by atoms with E-state index in [-0.39, 0.29) is 18.4 Å². The van der Waals surface area contributed by atoms with Crippen LogP contribution in [0.3, 0.4) is 0 Å². The van der Waals surface area contributed by atoms with Gasteiger partial charge in [0, 0.05) is 13.6 Å². The van der Waals surface area contributed by atoms with Crippen molar-refractivity contribution in [3.63, 3.8) is 0 Å². The van der Waals surface area contributed by atoms with E-state index in [0.717, 1.165) is 17.7 Å². The van der Waals surface area contributed by atoms with Gasteiger partial charge >= 0.3 is 0 Å². The number of carbonyl (C=O) groups is 2. The highest BCUT2D eigenvalue weighted by molar-refractivity contribution is 5.87. The molecule has 2 amide bonds. The lowest BCUT2D eigenvalue weighted by Gasteiger charge is -2.28. The van der Waals surface area contributed by atoms with Gasteiger partial charge in [0.15, 0.2) is 6.61 Å². The van der Waals surface area contributed by atoms with E-state index in [0.29, 0.717) is 12.3 Å². The third kappa shape index (κ3) is 5.74. The molecule has 0 fully saturated rings. The van der Waals surface area contributed by atoms with Crippen molar-refractivity contribution in [2.45, 2.75) is 32.9 Å². The van der Waals surface area contributed by atoms with Crippen LogP contribution in [0.25, 0.3) is 0 Å². The zero-order valence-corrected chi connectivity index (χ0v) is 16.9. The van der Waals surface area contributed by atoms with Crippen molar-refractivity contribution in [2.24, 2.45) is 0 Å². The maximum atomic E-state index is 12.8. The molecular formula is C22H28N2O4. The average molecular weight is 384 g/mol. The number of rotatable bonds is 9. The summed E-state index contributed by atoms with van der Waals surface area (Å²) in [5.74, 6) is 0.878. The van der Waals surface area contributed by atoms with Gasteiger partial charge < -0.3 is 19.7 Å². The molecule has 0 bridgehead atoms. The van der Waals surface area contributed by atoms with Crippen molar-refractivity contribution in [1.82, 2.24) is 10.2 Å². The zero-order valence-electron chi connectivity index (χ0n) is 16.9. The Bertz CT molecular complexity index is 772. The molecule has 0 aliphatic rings. The van der Waals surface area contributed by atoms with Crippen LogP contribution in [-0.2, 0) is 22.6 Å². The van der Waals surface area contributed by atoms with E-state index in [1.54, 1.807) is 21.1 Å². The molecule has 2 rings (SSSR count). The van der Waals surface area contributed by atoms with Gasteiger partial charge in [-0.2, -0.15) is 0 Å². The second-order valence-electron chi connectivity index (χ2n) is 6.45. The fourth-order valence-electron chi connectivity index (χ4n) is 2.77. The Morgan fingerprint density at radius 2 is 1.57 bits per heavy atom. The number of ether oxygens (including phenoxy) is 2. The molecule has 0 aliphatic carbocycles. The Hall–Kier alpha value is -3.02. The first-order chi connectivity index (χ1) is 13.5. The minimum Gasteiger partial charge on any atom is -0.497 e. The molecule has 0 saturated heterocycles. The van der Waals surface area contributed by atoms with Crippen molar-refractivity contribution in [3.8, 4) is 11.5 Å². The molecule has 6 nitrogen and oxygen atoms in total. The summed E-state index contributed by atoms with van der Waals surface area (Å²) >= 11 is 0. The first-order valence-corrected chi connectivity index (χ1v) is 9.34. The van der Waals surface area contributed by atoms with E-state index < -0.39 is 6.04 Å². The number of hydrogen-bond donors (Lipinski definition) is 1. The first kappa shape index (κ1) is 21.3. The van der Waals surface area contributed by atoms with Gasteiger partial charge in [-0.1, -0.05) is 31.2 Å². The summed E-state index contributed by atoms with van der Waals surface area (Å²) in [4.78, 5) is 26.5. The van der Waals surface area contributed by atoms with Crippen LogP contribution in [0.15, 0.2) is 48.5 Å². The van der Waals surface area contributed by atoms with Crippen molar-refractivity contribution in [2.75, 3.05) is 20.8 Å². The molecular weight excluding hydrogens is 356 g/mol. The van der Waals surface area contributed by atoms with Crippen LogP contribution in [0.4, 0.5) is 0 Å². The minimum atomic E-state index is -0.620. The van der Waals surface area contributed by atoms with Crippen LogP contribution in [0.2, 0.25) is 0 Å². The molecule has 0 spiro atoms. The predicted molar refractivity (Wildman–Crippen MR) is 108 cm³/mol. The molecule has 1 N–H and O–H groups in total. The fraction of sp³-hybridized carbons (Fsp3) is 0.364. The summed E-state index contributed by atoms with van der Waals surface area (Å²) in [6.45, 7) is 3.95. The summed E-state index contributed by atoms with van der Waals surface area (Å²) in [6.07, 6.45) is 0.943. The van der Waals surface area contributed by atoms with E-state index in [4.69, 9.17) is 9.47 Å². The highest BCUT2D eigenvalue weighted by atomic mass is 16.5. The van der Waals surface area contributed by atoms with Gasteiger partial charge in [0.1, 0.15) is 17.5 Å². The number of aryl methyl sites for hydroxylation is 1. The normalized spacial score (nSPS) is 11.4. The predicted octanol–water partition coefficient (Wildman–Crippen LogP) is 2.80. The number of carbonyl (C=O) groups excluding carboxylic acids is 2. The van der Waals surface area contributed by atoms with Crippen LogP contribution in [0.1, 0.15) is 25.0 Å². The Morgan fingerprint density at radius 3 is 2.11 bits per heavy atom. The van der Waals surface area contributed by atoms with Gasteiger partial charge in [0.25, 0.3) is 5.91 Å². The maximum Gasteiger partial charge on any atom is 0.261 e. The van der Waals surface area contributed by atoms with Crippen molar-refractivity contribution in [1.29, 1.82) is 0 Å². The summed E-state index contributed by atoms with van der Waals surface area (Å²) in [6, 6.07) is 14.4. The van der Waals surface area contributed by atoms with Gasteiger partial charge in [-0.15, -0.1) is 0 Å². The molecule has 1 atom stereocenters. The third-order valence-electron chi connectivity index (χ3n) is 4.62. The number of hydrogen-bond acceptors (Lipinski definition) is 4. The van der Waals surface area contributed by atoms with E-state index in [1.807, 2.05) is 48.5 Å². The lowest BCUT2D eigenvalue weighted by molar-refractivity contribution is -0.142. The Balaban J connectivity index is 2.09. The van der Waals surface area contributed by atoms with Crippen LogP contribution in [0, 0.1) is 0 Å². The third-order valence-corrected chi connectivity index (χ3v) is 4.62. The van der Waals surface area contributed by atoms with Crippen molar-refractivity contribution in [3.05, 3.63) is 59.7 Å². The van der Waals surface area contributed by atoms with Crippen LogP contribution in [-0.4, -0.2) is 43.5 Å². The molecule has 6 heteroatoms. The number of nitrogens with zero attached hydrogens (tertiary/aromatic N) is 1. The van der Waals surface area contributed by atoms with Gasteiger partial charge in [0.05, 0.1) is 7.11 Å². The van der Waals surface area contributed by atoms with Gasteiger partial charge in [0.2, 0.25) is 5.91 Å². The van der Waals surface area contributed by atoms with Crippen LogP contribution in [0.5, 0.6) is 11.5 Å². The summed E-state index contributed by atoms with van der Waals surface area (Å²) in [5, 5.41) is 2.60. The topological polar surface area (TPSA) is 67.9 Å². The highest BCUT2D eigenvalue weighted by Crippen LogP contribution is 2.16. The lowest BCUT2D eigenvalue weighted by Crippen LogP contribution is -2.48. The lowest BCUT2D eigenvalue weighted by atomic mass is 10.1. The minimum absolute atomic E-state index is 0.136. The van der Waals surface area contributed by atoms with E-state index in [9.17, 15) is 9.59 Å². The smallest absolute Gasteiger partial charge is 0.261 e. The molecule has 0 saturated carbocycles. The van der Waals surface area contributed by atoms with Crippen molar-refractivity contribution < 1.29 is 19.1 Å². The standard InChI is InChI=1S/C22H28N2O4/c1-5-17-6-12-20(13-7-17)28-15-21(25)24(16(2)22(26)23-3)14-18-8-10-19(27-4)11-9-18/h6-13,16H,5,14-15H2,1-4H3,(H,23,26)/t16-/m0/s1. The molecule has 2 aromatic rings. The summed E-state index contributed by atoms with van der Waals surface area (Å²) < 4.78 is 10.8. The molecule has 0 heterocycles. The number of nitrogens with one attached hydrogen (secondary N) is 1. The zero-order chi connectivity index (χ0) is 20.5. The Morgan fingerprint density at radius 1 is 1.00 bits per heavy atom. The monoisotopic (exact) mass is 384 g/mol. The van der Waals surface area contributed by atoms with Crippen LogP contribution >= 0.6 is 0 Å². The Labute approximate surface area is 166 Å². The number of methoxy groups -OCH3 is 1. The number of benzene rings is 2. The second kappa shape index (κ2) is 10.3. The molecule has 0 unspecified atom stereocenters. The quantitative estimate of drug-likeness (QED) is 0.722. The average Bonchev–Trinajstić information content (AvgIpc) is 2.75. The van der Waals surface area contributed by atoms with Crippen molar-refractivity contribution >= 4 is 11.8 Å². The van der Waals surface area contributed by atoms with Gasteiger partial charge in [-0.3, -0.25) is 9.59 Å². The molecule has 28 heavy (non-hydrogen) atoms. The van der Waals surface area contributed by atoms with Crippen LogP contribution < -0.4 is 14.8 Å². The maximum absolute atomic E-state index is 12.8. The summed E-state index contributed by atoms with van der Waals surface area (Å²) in [7, 11) is 3.16. The van der Waals surface area contributed by atoms with Gasteiger partial charge in [-0.05, 0) is 48.7 Å². The first-order valence-electron chi connectivity index (χ1n) is 9.34. The number of amides is 2. The molecule has 0 aromatic heterocycles. The largest absolute Gasteiger partial charge is 0.497 e. The molecule has 150 valence electrons. The SMILES string of the molecule is CCc1ccc(OCC(=O)N(Cc2ccc(OC)cc2)[C@@H](C)C(=O)NC)cc1. The molecule has 0 aliphatic heterocycles. The fourth-order valence-corrected chi connectivity index (χ4v) is 2.77. The number of likely N-dealkylation sites (N-methyl/N-ethyl adjacent to an activating group) is 1. The highest BCUT2D eigenvalue weighted by Gasteiger charge is 2.25. The van der Waals surface area contributed by atoms with E-state index in [1.165, 1.54) is 10.5 Å². The second-order valence-corrected chi connectivity index (χ2v) is 6.45. The Kier molecular flexibility index (Phi) is 7.87.